The monoisotopic (exact) mass is 244 g/mol. The van der Waals surface area contributed by atoms with Crippen molar-refractivity contribution < 1.29 is 13.5 Å². The fourth-order valence-electron chi connectivity index (χ4n) is 1.78. The first-order chi connectivity index (χ1) is 8.10. The molecule has 2 atom stereocenters. The van der Waals surface area contributed by atoms with E-state index in [1.54, 1.807) is 7.11 Å². The molecule has 0 radical (unpaired) electrons. The second-order valence-corrected chi connectivity index (χ2v) is 4.07. The standard InChI is InChI=1S/C12H18F2N2O/c1-8(5-6-17-2)12(16-15)10-7-9(13)3-4-11(10)14/h3-4,7-8,12,16H,5-6,15H2,1-2H3. The minimum absolute atomic E-state index is 0.0382. The molecule has 2 unspecified atom stereocenters. The molecule has 1 aromatic rings. The first-order valence-corrected chi connectivity index (χ1v) is 5.50. The van der Waals surface area contributed by atoms with E-state index in [1.807, 2.05) is 6.92 Å². The maximum absolute atomic E-state index is 13.6. The van der Waals surface area contributed by atoms with Crippen molar-refractivity contribution in [1.82, 2.24) is 5.43 Å². The van der Waals surface area contributed by atoms with Crippen LogP contribution in [0.1, 0.15) is 24.9 Å². The second-order valence-electron chi connectivity index (χ2n) is 4.07. The van der Waals surface area contributed by atoms with E-state index in [0.717, 1.165) is 12.1 Å². The van der Waals surface area contributed by atoms with Gasteiger partial charge in [0.05, 0.1) is 6.04 Å². The Balaban J connectivity index is 2.88. The van der Waals surface area contributed by atoms with E-state index >= 15 is 0 Å². The molecule has 0 heterocycles. The molecule has 1 aromatic carbocycles. The van der Waals surface area contributed by atoms with Crippen LogP contribution in [-0.2, 0) is 4.74 Å². The van der Waals surface area contributed by atoms with E-state index in [2.05, 4.69) is 5.43 Å². The van der Waals surface area contributed by atoms with E-state index in [9.17, 15) is 8.78 Å². The molecule has 96 valence electrons. The summed E-state index contributed by atoms with van der Waals surface area (Å²) in [5.41, 5.74) is 2.78. The molecule has 0 aromatic heterocycles. The van der Waals surface area contributed by atoms with Gasteiger partial charge < -0.3 is 4.74 Å². The summed E-state index contributed by atoms with van der Waals surface area (Å²) in [6.07, 6.45) is 0.710. The average molecular weight is 244 g/mol. The topological polar surface area (TPSA) is 47.3 Å². The zero-order chi connectivity index (χ0) is 12.8. The molecule has 0 aliphatic heterocycles. The van der Waals surface area contributed by atoms with Gasteiger partial charge in [0.1, 0.15) is 11.6 Å². The van der Waals surface area contributed by atoms with Crippen LogP contribution in [0.15, 0.2) is 18.2 Å². The Bertz CT molecular complexity index is 360. The van der Waals surface area contributed by atoms with Crippen molar-refractivity contribution in [3.63, 3.8) is 0 Å². The van der Waals surface area contributed by atoms with Crippen LogP contribution in [-0.4, -0.2) is 13.7 Å². The highest BCUT2D eigenvalue weighted by molar-refractivity contribution is 5.22. The molecule has 0 bridgehead atoms. The number of rotatable bonds is 6. The van der Waals surface area contributed by atoms with Crippen molar-refractivity contribution in [2.75, 3.05) is 13.7 Å². The summed E-state index contributed by atoms with van der Waals surface area (Å²) < 4.78 is 31.7. The molecule has 1 rings (SSSR count). The zero-order valence-corrected chi connectivity index (χ0v) is 10.0. The number of nitrogens with one attached hydrogen (secondary N) is 1. The van der Waals surface area contributed by atoms with Gasteiger partial charge in [0.25, 0.3) is 0 Å². The van der Waals surface area contributed by atoms with Gasteiger partial charge in [-0.25, -0.2) is 8.78 Å². The van der Waals surface area contributed by atoms with E-state index < -0.39 is 17.7 Å². The normalized spacial score (nSPS) is 14.6. The summed E-state index contributed by atoms with van der Waals surface area (Å²) in [6.45, 7) is 2.46. The number of ether oxygens (including phenoxy) is 1. The first kappa shape index (κ1) is 14.0. The minimum atomic E-state index is -0.472. The van der Waals surface area contributed by atoms with E-state index in [4.69, 9.17) is 10.6 Å². The van der Waals surface area contributed by atoms with Crippen LogP contribution in [0.3, 0.4) is 0 Å². The second kappa shape index (κ2) is 6.64. The van der Waals surface area contributed by atoms with Gasteiger partial charge in [-0.2, -0.15) is 0 Å². The third-order valence-corrected chi connectivity index (χ3v) is 2.82. The number of hydrogen-bond acceptors (Lipinski definition) is 3. The van der Waals surface area contributed by atoms with Gasteiger partial charge in [0, 0.05) is 19.3 Å². The molecule has 3 N–H and O–H groups in total. The average Bonchev–Trinajstić information content (AvgIpc) is 2.32. The van der Waals surface area contributed by atoms with Crippen LogP contribution >= 0.6 is 0 Å². The van der Waals surface area contributed by atoms with Gasteiger partial charge in [-0.05, 0) is 30.5 Å². The highest BCUT2D eigenvalue weighted by Crippen LogP contribution is 2.26. The molecule has 3 nitrogen and oxygen atoms in total. The van der Waals surface area contributed by atoms with Crippen molar-refractivity contribution >= 4 is 0 Å². The van der Waals surface area contributed by atoms with Crippen LogP contribution in [0, 0.1) is 17.6 Å². The molecule has 0 aliphatic rings. The van der Waals surface area contributed by atoms with Gasteiger partial charge in [-0.1, -0.05) is 6.92 Å². The number of benzene rings is 1. The molecule has 17 heavy (non-hydrogen) atoms. The van der Waals surface area contributed by atoms with Crippen LogP contribution in [0.2, 0.25) is 0 Å². The Labute approximate surface area is 99.9 Å². The lowest BCUT2D eigenvalue weighted by Gasteiger charge is -2.23. The van der Waals surface area contributed by atoms with E-state index in [1.165, 1.54) is 6.07 Å². The molecular weight excluding hydrogens is 226 g/mol. The van der Waals surface area contributed by atoms with Crippen molar-refractivity contribution in [2.24, 2.45) is 11.8 Å². The maximum atomic E-state index is 13.6. The van der Waals surface area contributed by atoms with Crippen LogP contribution in [0.4, 0.5) is 8.78 Å². The molecular formula is C12H18F2N2O. The molecule has 0 fully saturated rings. The van der Waals surface area contributed by atoms with Crippen LogP contribution in [0.25, 0.3) is 0 Å². The fourth-order valence-corrected chi connectivity index (χ4v) is 1.78. The Morgan fingerprint density at radius 3 is 2.71 bits per heavy atom. The van der Waals surface area contributed by atoms with Gasteiger partial charge in [-0.15, -0.1) is 0 Å². The smallest absolute Gasteiger partial charge is 0.128 e. The fraction of sp³-hybridized carbons (Fsp3) is 0.500. The number of halogens is 2. The third-order valence-electron chi connectivity index (χ3n) is 2.82. The van der Waals surface area contributed by atoms with Gasteiger partial charge in [0.2, 0.25) is 0 Å². The summed E-state index contributed by atoms with van der Waals surface area (Å²) in [5, 5.41) is 0. The van der Waals surface area contributed by atoms with Crippen molar-refractivity contribution in [3.05, 3.63) is 35.4 Å². The Hall–Kier alpha value is -1.04. The highest BCUT2D eigenvalue weighted by Gasteiger charge is 2.21. The number of nitrogens with two attached hydrogens (primary N) is 1. The predicted octanol–water partition coefficient (Wildman–Crippen LogP) is 2.14. The summed E-state index contributed by atoms with van der Waals surface area (Å²) in [4.78, 5) is 0. The third kappa shape index (κ3) is 3.73. The van der Waals surface area contributed by atoms with Crippen molar-refractivity contribution in [2.45, 2.75) is 19.4 Å². The molecule has 5 heteroatoms. The van der Waals surface area contributed by atoms with Gasteiger partial charge >= 0.3 is 0 Å². The van der Waals surface area contributed by atoms with Crippen LogP contribution in [0.5, 0.6) is 0 Å². The summed E-state index contributed by atoms with van der Waals surface area (Å²) in [5.74, 6) is 4.52. The lowest BCUT2D eigenvalue weighted by atomic mass is 9.92. The zero-order valence-electron chi connectivity index (χ0n) is 10.0. The number of hydrazine groups is 1. The summed E-state index contributed by atoms with van der Waals surface area (Å²) in [7, 11) is 1.60. The summed E-state index contributed by atoms with van der Waals surface area (Å²) >= 11 is 0. The minimum Gasteiger partial charge on any atom is -0.385 e. The Morgan fingerprint density at radius 2 is 2.12 bits per heavy atom. The van der Waals surface area contributed by atoms with E-state index in [0.29, 0.717) is 13.0 Å². The lowest BCUT2D eigenvalue weighted by molar-refractivity contribution is 0.169. The van der Waals surface area contributed by atoms with E-state index in [-0.39, 0.29) is 11.5 Å². The molecule has 0 saturated heterocycles. The maximum Gasteiger partial charge on any atom is 0.128 e. The highest BCUT2D eigenvalue weighted by atomic mass is 19.1. The Kier molecular flexibility index (Phi) is 5.47. The van der Waals surface area contributed by atoms with Gasteiger partial charge in [0.15, 0.2) is 0 Å². The summed E-state index contributed by atoms with van der Waals surface area (Å²) in [6, 6.07) is 2.94. The van der Waals surface area contributed by atoms with Crippen molar-refractivity contribution in [1.29, 1.82) is 0 Å². The Morgan fingerprint density at radius 1 is 1.41 bits per heavy atom. The lowest BCUT2D eigenvalue weighted by Crippen LogP contribution is -2.33. The predicted molar refractivity (Wildman–Crippen MR) is 62.1 cm³/mol. The van der Waals surface area contributed by atoms with Gasteiger partial charge in [-0.3, -0.25) is 11.3 Å². The molecule has 0 saturated carbocycles. The van der Waals surface area contributed by atoms with Crippen LogP contribution < -0.4 is 11.3 Å². The number of hydrogen-bond donors (Lipinski definition) is 2. The SMILES string of the molecule is COCCC(C)C(NN)c1cc(F)ccc1F. The molecule has 0 amide bonds. The quantitative estimate of drug-likeness (QED) is 0.595. The number of methoxy groups -OCH3 is 1. The largest absolute Gasteiger partial charge is 0.385 e. The molecule has 0 spiro atoms. The van der Waals surface area contributed by atoms with Crippen molar-refractivity contribution in [3.8, 4) is 0 Å². The first-order valence-electron chi connectivity index (χ1n) is 5.50. The molecule has 0 aliphatic carbocycles.